The topological polar surface area (TPSA) is 47.1 Å². The Kier molecular flexibility index (Phi) is 5.54. The SMILES string of the molecule is Cl.N[C@@H]1CN(Cc2nn(-c3ccccc3)c3c2CCC3)C[C@H]1c1ccccc1. The predicted octanol–water partition coefficient (Wildman–Crippen LogP) is 3.71. The fourth-order valence-corrected chi connectivity index (χ4v) is 4.73. The van der Waals surface area contributed by atoms with Gasteiger partial charge in [0.1, 0.15) is 0 Å². The van der Waals surface area contributed by atoms with E-state index in [4.69, 9.17) is 10.8 Å². The standard InChI is InChI=1S/C23H26N4.ClH/c24-21-15-26(14-20(21)17-8-3-1-4-9-17)16-22-19-12-7-13-23(19)27(25-22)18-10-5-2-6-11-18;/h1-6,8-11,20-21H,7,12-16,24H2;1H/t20-,21+;/m0./s1. The zero-order valence-electron chi connectivity index (χ0n) is 16.0. The molecule has 146 valence electrons. The fraction of sp³-hybridized carbons (Fsp3) is 0.348. The lowest BCUT2D eigenvalue weighted by Crippen LogP contribution is -2.28. The van der Waals surface area contributed by atoms with Crippen molar-refractivity contribution in [3.63, 3.8) is 0 Å². The van der Waals surface area contributed by atoms with Crippen LogP contribution >= 0.6 is 12.4 Å². The number of likely N-dealkylation sites (tertiary alicyclic amines) is 1. The minimum atomic E-state index is 0. The van der Waals surface area contributed by atoms with Crippen LogP contribution in [0.1, 0.15) is 34.9 Å². The Morgan fingerprint density at radius 3 is 2.39 bits per heavy atom. The van der Waals surface area contributed by atoms with E-state index in [9.17, 15) is 0 Å². The smallest absolute Gasteiger partial charge is 0.0804 e. The van der Waals surface area contributed by atoms with Gasteiger partial charge in [0, 0.05) is 37.3 Å². The summed E-state index contributed by atoms with van der Waals surface area (Å²) in [7, 11) is 0. The van der Waals surface area contributed by atoms with Gasteiger partial charge in [-0.15, -0.1) is 12.4 Å². The molecule has 3 aromatic rings. The average Bonchev–Trinajstić information content (AvgIpc) is 3.40. The molecule has 0 spiro atoms. The van der Waals surface area contributed by atoms with Crippen molar-refractivity contribution in [3.8, 4) is 5.69 Å². The first-order valence-corrected chi connectivity index (χ1v) is 9.97. The third kappa shape index (κ3) is 3.48. The highest BCUT2D eigenvalue weighted by Gasteiger charge is 2.33. The lowest BCUT2D eigenvalue weighted by Gasteiger charge is -2.15. The molecule has 1 fully saturated rings. The second-order valence-electron chi connectivity index (χ2n) is 7.85. The maximum atomic E-state index is 6.50. The Labute approximate surface area is 172 Å². The largest absolute Gasteiger partial charge is 0.326 e. The van der Waals surface area contributed by atoms with E-state index in [1.54, 1.807) is 0 Å². The van der Waals surface area contributed by atoms with E-state index in [1.807, 2.05) is 0 Å². The summed E-state index contributed by atoms with van der Waals surface area (Å²) in [6.45, 7) is 2.85. The van der Waals surface area contributed by atoms with Crippen molar-refractivity contribution in [1.82, 2.24) is 14.7 Å². The van der Waals surface area contributed by atoms with Crippen molar-refractivity contribution in [3.05, 3.63) is 83.2 Å². The first-order valence-electron chi connectivity index (χ1n) is 9.97. The van der Waals surface area contributed by atoms with Gasteiger partial charge in [0.05, 0.1) is 11.4 Å². The Hall–Kier alpha value is -2.14. The van der Waals surface area contributed by atoms with Gasteiger partial charge in [0.25, 0.3) is 0 Å². The minimum absolute atomic E-state index is 0. The van der Waals surface area contributed by atoms with Crippen LogP contribution in [-0.4, -0.2) is 33.8 Å². The molecule has 2 heterocycles. The first kappa shape index (κ1) is 19.2. The number of benzene rings is 2. The average molecular weight is 395 g/mol. The van der Waals surface area contributed by atoms with Crippen molar-refractivity contribution >= 4 is 12.4 Å². The molecule has 5 rings (SSSR count). The van der Waals surface area contributed by atoms with Crippen molar-refractivity contribution in [2.24, 2.45) is 5.73 Å². The van der Waals surface area contributed by atoms with Crippen LogP contribution < -0.4 is 5.73 Å². The molecule has 5 heteroatoms. The number of para-hydroxylation sites is 1. The summed E-state index contributed by atoms with van der Waals surface area (Å²) < 4.78 is 2.17. The Balaban J connectivity index is 0.00000192. The van der Waals surface area contributed by atoms with Crippen LogP contribution in [0.5, 0.6) is 0 Å². The molecule has 28 heavy (non-hydrogen) atoms. The fourth-order valence-electron chi connectivity index (χ4n) is 4.73. The maximum absolute atomic E-state index is 6.50. The second kappa shape index (κ2) is 8.08. The van der Waals surface area contributed by atoms with Crippen LogP contribution in [0.4, 0.5) is 0 Å². The number of hydrogen-bond acceptors (Lipinski definition) is 3. The van der Waals surface area contributed by atoms with E-state index in [0.717, 1.165) is 32.5 Å². The van der Waals surface area contributed by atoms with Crippen LogP contribution in [0.3, 0.4) is 0 Å². The monoisotopic (exact) mass is 394 g/mol. The number of hydrogen-bond donors (Lipinski definition) is 1. The number of halogens is 1. The number of rotatable bonds is 4. The van der Waals surface area contributed by atoms with Crippen molar-refractivity contribution in [1.29, 1.82) is 0 Å². The molecule has 0 saturated carbocycles. The van der Waals surface area contributed by atoms with Gasteiger partial charge in [-0.1, -0.05) is 48.5 Å². The summed E-state index contributed by atoms with van der Waals surface area (Å²) in [5, 5.41) is 5.02. The summed E-state index contributed by atoms with van der Waals surface area (Å²) in [6.07, 6.45) is 3.52. The lowest BCUT2D eigenvalue weighted by atomic mass is 9.95. The van der Waals surface area contributed by atoms with E-state index in [0.29, 0.717) is 5.92 Å². The quantitative estimate of drug-likeness (QED) is 0.733. The molecule has 0 amide bonds. The molecule has 1 aromatic heterocycles. The second-order valence-corrected chi connectivity index (χ2v) is 7.85. The molecular weight excluding hydrogens is 368 g/mol. The van der Waals surface area contributed by atoms with Crippen molar-refractivity contribution in [2.45, 2.75) is 37.8 Å². The van der Waals surface area contributed by atoms with Gasteiger partial charge < -0.3 is 5.73 Å². The van der Waals surface area contributed by atoms with E-state index < -0.39 is 0 Å². The minimum Gasteiger partial charge on any atom is -0.326 e. The van der Waals surface area contributed by atoms with Crippen LogP contribution in [0, 0.1) is 0 Å². The third-order valence-electron chi connectivity index (χ3n) is 6.06. The highest BCUT2D eigenvalue weighted by atomic mass is 35.5. The first-order chi connectivity index (χ1) is 13.3. The summed E-state index contributed by atoms with van der Waals surface area (Å²) >= 11 is 0. The number of aromatic nitrogens is 2. The summed E-state index contributed by atoms with van der Waals surface area (Å²) in [5.74, 6) is 0.412. The van der Waals surface area contributed by atoms with Gasteiger partial charge in [-0.05, 0) is 42.5 Å². The Morgan fingerprint density at radius 2 is 1.64 bits per heavy atom. The molecule has 2 N–H and O–H groups in total. The van der Waals surface area contributed by atoms with Crippen LogP contribution in [-0.2, 0) is 19.4 Å². The van der Waals surface area contributed by atoms with Gasteiger partial charge in [-0.3, -0.25) is 4.90 Å². The van der Waals surface area contributed by atoms with Crippen molar-refractivity contribution in [2.75, 3.05) is 13.1 Å². The highest BCUT2D eigenvalue weighted by molar-refractivity contribution is 5.85. The highest BCUT2D eigenvalue weighted by Crippen LogP contribution is 2.31. The van der Waals surface area contributed by atoms with Gasteiger partial charge in [0.2, 0.25) is 0 Å². The molecule has 0 unspecified atom stereocenters. The molecule has 0 bridgehead atoms. The van der Waals surface area contributed by atoms with Crippen molar-refractivity contribution < 1.29 is 0 Å². The Bertz CT molecular complexity index is 923. The van der Waals surface area contributed by atoms with E-state index in [2.05, 4.69) is 70.2 Å². The predicted molar refractivity (Wildman–Crippen MR) is 115 cm³/mol. The molecule has 2 atom stereocenters. The van der Waals surface area contributed by atoms with Gasteiger partial charge >= 0.3 is 0 Å². The molecule has 2 aromatic carbocycles. The van der Waals surface area contributed by atoms with Gasteiger partial charge in [-0.2, -0.15) is 5.10 Å². The number of nitrogens with two attached hydrogens (primary N) is 1. The summed E-state index contributed by atoms with van der Waals surface area (Å²) in [4.78, 5) is 2.48. The molecule has 1 saturated heterocycles. The van der Waals surface area contributed by atoms with Gasteiger partial charge in [0.15, 0.2) is 0 Å². The molecule has 2 aliphatic rings. The number of fused-ring (bicyclic) bond motifs is 1. The molecule has 4 nitrogen and oxygen atoms in total. The molecular formula is C23H27ClN4. The maximum Gasteiger partial charge on any atom is 0.0804 e. The van der Waals surface area contributed by atoms with Crippen LogP contribution in [0.25, 0.3) is 5.69 Å². The molecule has 0 radical (unpaired) electrons. The summed E-state index contributed by atoms with van der Waals surface area (Å²) in [6, 6.07) is 21.4. The summed E-state index contributed by atoms with van der Waals surface area (Å²) in [5.41, 5.74) is 13.1. The zero-order chi connectivity index (χ0) is 18.2. The van der Waals surface area contributed by atoms with Crippen LogP contribution in [0.15, 0.2) is 60.7 Å². The zero-order valence-corrected chi connectivity index (χ0v) is 16.8. The molecule has 1 aliphatic heterocycles. The van der Waals surface area contributed by atoms with Crippen LogP contribution in [0.2, 0.25) is 0 Å². The Morgan fingerprint density at radius 1 is 0.929 bits per heavy atom. The van der Waals surface area contributed by atoms with E-state index >= 15 is 0 Å². The van der Waals surface area contributed by atoms with E-state index in [-0.39, 0.29) is 18.4 Å². The van der Waals surface area contributed by atoms with Gasteiger partial charge in [-0.25, -0.2) is 4.68 Å². The molecule has 1 aliphatic carbocycles. The normalized spacial score (nSPS) is 21.5. The third-order valence-corrected chi connectivity index (χ3v) is 6.06. The van der Waals surface area contributed by atoms with E-state index in [1.165, 1.54) is 34.6 Å². The number of nitrogens with zero attached hydrogens (tertiary/aromatic N) is 3. The lowest BCUT2D eigenvalue weighted by molar-refractivity contribution is 0.318.